The van der Waals surface area contributed by atoms with Crippen LogP contribution in [0, 0.1) is 0 Å². The van der Waals surface area contributed by atoms with Gasteiger partial charge in [0, 0.05) is 19.2 Å². The molecule has 1 atom stereocenters. The standard InChI is InChI=1S/C19H18N4O5/c20-16-15-12(18(26)22-19(15)27)8-14(24)23(16)13-6-2-1-5-11(13)17(25)21-9-10-4-3-7-28-10/h1-2,5-6,8,10H,3-4,7,9,20H2,(H,21,25)(H,22,26,27). The number of nitrogens with two attached hydrogens (primary N) is 1. The molecule has 2 aliphatic heterocycles. The van der Waals surface area contributed by atoms with Crippen LogP contribution >= 0.6 is 0 Å². The van der Waals surface area contributed by atoms with Gasteiger partial charge in [0.2, 0.25) is 0 Å². The van der Waals surface area contributed by atoms with E-state index in [0.29, 0.717) is 13.2 Å². The van der Waals surface area contributed by atoms with Gasteiger partial charge in [0.1, 0.15) is 5.82 Å². The van der Waals surface area contributed by atoms with Gasteiger partial charge < -0.3 is 15.8 Å². The first kappa shape index (κ1) is 17.9. The number of ether oxygens (including phenoxy) is 1. The zero-order chi connectivity index (χ0) is 19.8. The SMILES string of the molecule is Nc1c2c(cc(=O)n1-c1ccccc1C(=O)NCC1CCCO1)C(=O)NC2=O. The maximum absolute atomic E-state index is 12.7. The largest absolute Gasteiger partial charge is 0.384 e. The summed E-state index contributed by atoms with van der Waals surface area (Å²) in [4.78, 5) is 49.2. The minimum atomic E-state index is -0.674. The summed E-state index contributed by atoms with van der Waals surface area (Å²) in [5.41, 5.74) is 5.76. The van der Waals surface area contributed by atoms with Crippen molar-refractivity contribution in [3.8, 4) is 5.69 Å². The lowest BCUT2D eigenvalue weighted by molar-refractivity contribution is 0.0855. The molecule has 9 heteroatoms. The third-order valence-electron chi connectivity index (χ3n) is 4.86. The van der Waals surface area contributed by atoms with Crippen LogP contribution in [-0.2, 0) is 4.74 Å². The van der Waals surface area contributed by atoms with Gasteiger partial charge in [-0.05, 0) is 25.0 Å². The topological polar surface area (TPSA) is 133 Å². The molecule has 1 fully saturated rings. The quantitative estimate of drug-likeness (QED) is 0.648. The minimum Gasteiger partial charge on any atom is -0.384 e. The van der Waals surface area contributed by atoms with E-state index in [4.69, 9.17) is 10.5 Å². The van der Waals surface area contributed by atoms with Gasteiger partial charge in [-0.25, -0.2) is 0 Å². The zero-order valence-electron chi connectivity index (χ0n) is 14.9. The number of carbonyl (C=O) groups is 3. The van der Waals surface area contributed by atoms with E-state index >= 15 is 0 Å². The number of aromatic nitrogens is 1. The molecule has 2 aromatic rings. The number of amides is 3. The molecular formula is C19H18N4O5. The molecule has 28 heavy (non-hydrogen) atoms. The monoisotopic (exact) mass is 382 g/mol. The van der Waals surface area contributed by atoms with E-state index in [-0.39, 0.29) is 34.3 Å². The molecule has 2 aliphatic rings. The van der Waals surface area contributed by atoms with Gasteiger partial charge >= 0.3 is 0 Å². The molecule has 0 saturated carbocycles. The number of hydrogen-bond donors (Lipinski definition) is 3. The Hall–Kier alpha value is -3.46. The molecule has 4 N–H and O–H groups in total. The summed E-state index contributed by atoms with van der Waals surface area (Å²) >= 11 is 0. The van der Waals surface area contributed by atoms with Crippen LogP contribution in [-0.4, -0.2) is 41.5 Å². The predicted molar refractivity (Wildman–Crippen MR) is 99.6 cm³/mol. The lowest BCUT2D eigenvalue weighted by Gasteiger charge is -2.16. The number of imide groups is 1. The molecule has 3 amide bonds. The van der Waals surface area contributed by atoms with Crippen molar-refractivity contribution in [2.45, 2.75) is 18.9 Å². The van der Waals surface area contributed by atoms with Gasteiger partial charge in [-0.2, -0.15) is 0 Å². The summed E-state index contributed by atoms with van der Waals surface area (Å²) in [5, 5.41) is 4.92. The molecule has 0 aliphatic carbocycles. The second kappa shape index (κ2) is 6.93. The van der Waals surface area contributed by atoms with Gasteiger partial charge in [0.25, 0.3) is 23.3 Å². The second-order valence-electron chi connectivity index (χ2n) is 6.64. The number of nitrogens with one attached hydrogen (secondary N) is 2. The Bertz CT molecular complexity index is 1050. The number of para-hydroxylation sites is 1. The van der Waals surface area contributed by atoms with Gasteiger partial charge in [0.05, 0.1) is 28.5 Å². The highest BCUT2D eigenvalue weighted by Crippen LogP contribution is 2.24. The average Bonchev–Trinajstić information content (AvgIpc) is 3.28. The molecule has 0 bridgehead atoms. The van der Waals surface area contributed by atoms with Crippen molar-refractivity contribution < 1.29 is 19.1 Å². The van der Waals surface area contributed by atoms with E-state index in [1.807, 2.05) is 0 Å². The van der Waals surface area contributed by atoms with Crippen molar-refractivity contribution in [2.75, 3.05) is 18.9 Å². The van der Waals surface area contributed by atoms with Crippen LogP contribution in [0.2, 0.25) is 0 Å². The summed E-state index contributed by atoms with van der Waals surface area (Å²) < 4.78 is 6.57. The first-order valence-electron chi connectivity index (χ1n) is 8.88. The van der Waals surface area contributed by atoms with Gasteiger partial charge in [-0.3, -0.25) is 29.1 Å². The lowest BCUT2D eigenvalue weighted by atomic mass is 10.1. The number of anilines is 1. The number of nitrogens with zero attached hydrogens (tertiary/aromatic N) is 1. The van der Waals surface area contributed by atoms with Crippen LogP contribution < -0.4 is 21.9 Å². The summed E-state index contributed by atoms with van der Waals surface area (Å²) in [6.45, 7) is 1.04. The molecule has 3 heterocycles. The molecular weight excluding hydrogens is 364 g/mol. The summed E-state index contributed by atoms with van der Waals surface area (Å²) in [7, 11) is 0. The van der Waals surface area contributed by atoms with Crippen molar-refractivity contribution in [1.29, 1.82) is 0 Å². The number of fused-ring (bicyclic) bond motifs is 1. The van der Waals surface area contributed by atoms with Crippen molar-refractivity contribution in [2.24, 2.45) is 0 Å². The van der Waals surface area contributed by atoms with Gasteiger partial charge in [0.15, 0.2) is 0 Å². The molecule has 0 spiro atoms. The third-order valence-corrected chi connectivity index (χ3v) is 4.86. The normalized spacial score (nSPS) is 18.1. The van der Waals surface area contributed by atoms with Crippen molar-refractivity contribution in [3.05, 3.63) is 57.4 Å². The fourth-order valence-electron chi connectivity index (χ4n) is 3.50. The Kier molecular flexibility index (Phi) is 4.44. The molecule has 1 aromatic heterocycles. The Morgan fingerprint density at radius 1 is 1.25 bits per heavy atom. The highest BCUT2D eigenvalue weighted by atomic mass is 16.5. The average molecular weight is 382 g/mol. The van der Waals surface area contributed by atoms with Crippen molar-refractivity contribution in [3.63, 3.8) is 0 Å². The minimum absolute atomic E-state index is 0.0291. The van der Waals surface area contributed by atoms with Crippen LogP contribution in [0.25, 0.3) is 5.69 Å². The number of rotatable bonds is 4. The van der Waals surface area contributed by atoms with Crippen LogP contribution in [0.3, 0.4) is 0 Å². The molecule has 1 unspecified atom stereocenters. The molecule has 4 rings (SSSR count). The Labute approximate surface area is 159 Å². The van der Waals surface area contributed by atoms with Gasteiger partial charge in [-0.1, -0.05) is 12.1 Å². The zero-order valence-corrected chi connectivity index (χ0v) is 14.9. The summed E-state index contributed by atoms with van der Waals surface area (Å²) in [6.07, 6.45) is 1.81. The number of carbonyl (C=O) groups excluding carboxylic acids is 3. The fraction of sp³-hybridized carbons (Fsp3) is 0.263. The van der Waals surface area contributed by atoms with Crippen LogP contribution in [0.5, 0.6) is 0 Å². The first-order valence-corrected chi connectivity index (χ1v) is 8.88. The van der Waals surface area contributed by atoms with Crippen LogP contribution in [0.4, 0.5) is 5.82 Å². The Morgan fingerprint density at radius 3 is 2.79 bits per heavy atom. The fourth-order valence-corrected chi connectivity index (χ4v) is 3.50. The smallest absolute Gasteiger partial charge is 0.262 e. The number of benzene rings is 1. The highest BCUT2D eigenvalue weighted by Gasteiger charge is 2.32. The van der Waals surface area contributed by atoms with Crippen LogP contribution in [0.15, 0.2) is 35.1 Å². The van der Waals surface area contributed by atoms with Crippen molar-refractivity contribution in [1.82, 2.24) is 15.2 Å². The Balaban J connectivity index is 1.74. The van der Waals surface area contributed by atoms with Crippen LogP contribution in [0.1, 0.15) is 43.9 Å². The molecule has 144 valence electrons. The molecule has 1 aromatic carbocycles. The molecule has 1 saturated heterocycles. The van der Waals surface area contributed by atoms with E-state index in [0.717, 1.165) is 23.5 Å². The lowest BCUT2D eigenvalue weighted by Crippen LogP contribution is -2.33. The Morgan fingerprint density at radius 2 is 2.04 bits per heavy atom. The molecule has 9 nitrogen and oxygen atoms in total. The summed E-state index contributed by atoms with van der Waals surface area (Å²) in [6, 6.07) is 7.48. The van der Waals surface area contributed by atoms with E-state index in [1.165, 1.54) is 0 Å². The highest BCUT2D eigenvalue weighted by molar-refractivity contribution is 6.23. The van der Waals surface area contributed by atoms with E-state index in [1.54, 1.807) is 24.3 Å². The van der Waals surface area contributed by atoms with E-state index in [2.05, 4.69) is 10.6 Å². The van der Waals surface area contributed by atoms with Crippen molar-refractivity contribution >= 4 is 23.5 Å². The van der Waals surface area contributed by atoms with E-state index < -0.39 is 23.3 Å². The second-order valence-corrected chi connectivity index (χ2v) is 6.64. The van der Waals surface area contributed by atoms with Gasteiger partial charge in [-0.15, -0.1) is 0 Å². The number of hydrogen-bond acceptors (Lipinski definition) is 6. The maximum atomic E-state index is 12.7. The number of pyridine rings is 1. The number of nitrogen functional groups attached to an aromatic ring is 1. The first-order chi connectivity index (χ1) is 13.5. The summed E-state index contributed by atoms with van der Waals surface area (Å²) in [5.74, 6) is -1.92. The third kappa shape index (κ3) is 2.95. The predicted octanol–water partition coefficient (Wildman–Crippen LogP) is 0.212. The maximum Gasteiger partial charge on any atom is 0.262 e. The molecule has 0 radical (unpaired) electrons. The van der Waals surface area contributed by atoms with E-state index in [9.17, 15) is 19.2 Å².